The molecule has 0 unspecified atom stereocenters. The van der Waals surface area contributed by atoms with Crippen LogP contribution in [0.25, 0.3) is 5.76 Å². The fourth-order valence-corrected chi connectivity index (χ4v) is 1.01. The lowest BCUT2D eigenvalue weighted by Gasteiger charge is -1.86. The summed E-state index contributed by atoms with van der Waals surface area (Å²) in [5.41, 5.74) is 1.59. The minimum atomic E-state index is -0.0231. The Morgan fingerprint density at radius 2 is 2.70 bits per heavy atom. The predicted octanol–water partition coefficient (Wildman–Crippen LogP) is 1.57. The minimum absolute atomic E-state index is 0.0231. The molecule has 1 N–H and O–H groups in total. The number of nitrogens with zero attached hydrogens (tertiary/aromatic N) is 2. The first-order valence-corrected chi connectivity index (χ1v) is 3.40. The normalized spacial score (nSPS) is 10.9. The molecule has 0 bridgehead atoms. The van der Waals surface area contributed by atoms with Crippen LogP contribution in [0.15, 0.2) is 17.8 Å². The van der Waals surface area contributed by atoms with Gasteiger partial charge < -0.3 is 5.11 Å². The average molecular weight is 152 g/mol. The van der Waals surface area contributed by atoms with E-state index in [2.05, 4.69) is 4.98 Å². The highest BCUT2D eigenvalue weighted by atomic mass is 32.1. The van der Waals surface area contributed by atoms with Crippen LogP contribution < -0.4 is 0 Å². The van der Waals surface area contributed by atoms with Gasteiger partial charge in [-0.15, -0.1) is 11.3 Å². The molecule has 1 aromatic heterocycles. The quantitative estimate of drug-likeness (QED) is 0.490. The topological polar surface area (TPSA) is 56.9 Å². The Labute approximate surface area is 61.9 Å². The van der Waals surface area contributed by atoms with Crippen LogP contribution in [0.1, 0.15) is 4.88 Å². The van der Waals surface area contributed by atoms with Gasteiger partial charge in [-0.1, -0.05) is 0 Å². The van der Waals surface area contributed by atoms with Crippen molar-refractivity contribution in [1.82, 2.24) is 4.98 Å². The van der Waals surface area contributed by atoms with E-state index in [9.17, 15) is 0 Å². The molecule has 0 aliphatic rings. The molecule has 0 saturated carbocycles. The maximum atomic E-state index is 9.02. The van der Waals surface area contributed by atoms with Crippen molar-refractivity contribution < 1.29 is 5.11 Å². The molecular weight excluding hydrogens is 148 g/mol. The van der Waals surface area contributed by atoms with Gasteiger partial charge in [-0.25, -0.2) is 0 Å². The highest BCUT2D eigenvalue weighted by Gasteiger charge is 1.97. The zero-order valence-corrected chi connectivity index (χ0v) is 5.80. The van der Waals surface area contributed by atoms with Crippen molar-refractivity contribution in [2.24, 2.45) is 0 Å². The molecule has 0 aromatic carbocycles. The van der Waals surface area contributed by atoms with Crippen molar-refractivity contribution >= 4 is 17.1 Å². The van der Waals surface area contributed by atoms with Crippen LogP contribution in [0, 0.1) is 11.3 Å². The van der Waals surface area contributed by atoms with E-state index in [1.54, 1.807) is 11.6 Å². The number of nitriles is 1. The van der Waals surface area contributed by atoms with E-state index in [-0.39, 0.29) is 5.76 Å². The Morgan fingerprint density at radius 1 is 1.90 bits per heavy atom. The first-order valence-electron chi connectivity index (χ1n) is 2.52. The van der Waals surface area contributed by atoms with Crippen LogP contribution in [-0.4, -0.2) is 10.1 Å². The summed E-state index contributed by atoms with van der Waals surface area (Å²) < 4.78 is 0. The number of aliphatic hydroxyl groups is 1. The zero-order valence-electron chi connectivity index (χ0n) is 4.98. The maximum absolute atomic E-state index is 9.02. The van der Waals surface area contributed by atoms with Gasteiger partial charge in [0.25, 0.3) is 0 Å². The Bertz CT molecular complexity index is 270. The monoisotopic (exact) mass is 152 g/mol. The molecule has 0 radical (unpaired) electrons. The van der Waals surface area contributed by atoms with Crippen LogP contribution in [0.5, 0.6) is 0 Å². The van der Waals surface area contributed by atoms with E-state index in [1.165, 1.54) is 17.5 Å². The van der Waals surface area contributed by atoms with Crippen LogP contribution in [0.3, 0.4) is 0 Å². The lowest BCUT2D eigenvalue weighted by atomic mass is 10.4. The van der Waals surface area contributed by atoms with Crippen molar-refractivity contribution in [3.8, 4) is 6.07 Å². The van der Waals surface area contributed by atoms with Crippen molar-refractivity contribution in [3.63, 3.8) is 0 Å². The predicted molar refractivity (Wildman–Crippen MR) is 38.3 cm³/mol. The van der Waals surface area contributed by atoms with Gasteiger partial charge in [-0.3, -0.25) is 4.98 Å². The zero-order chi connectivity index (χ0) is 7.40. The smallest absolute Gasteiger partial charge is 0.144 e. The molecule has 0 aliphatic carbocycles. The summed E-state index contributed by atoms with van der Waals surface area (Å²) in [7, 11) is 0. The van der Waals surface area contributed by atoms with E-state index in [4.69, 9.17) is 10.4 Å². The van der Waals surface area contributed by atoms with E-state index in [0.29, 0.717) is 4.88 Å². The number of hydrogen-bond donors (Lipinski definition) is 1. The van der Waals surface area contributed by atoms with Gasteiger partial charge in [-0.05, 0) is 0 Å². The largest absolute Gasteiger partial charge is 0.506 e. The summed E-state index contributed by atoms with van der Waals surface area (Å²) in [6.07, 6.45) is 2.58. The Balaban J connectivity index is 2.90. The number of aromatic nitrogens is 1. The molecule has 0 atom stereocenters. The van der Waals surface area contributed by atoms with E-state index in [1.807, 2.05) is 0 Å². The van der Waals surface area contributed by atoms with Gasteiger partial charge in [0.15, 0.2) is 0 Å². The van der Waals surface area contributed by atoms with Crippen LogP contribution in [0.2, 0.25) is 0 Å². The highest BCUT2D eigenvalue weighted by Crippen LogP contribution is 2.14. The molecule has 0 saturated heterocycles. The number of thiazole rings is 1. The second kappa shape index (κ2) is 2.99. The fraction of sp³-hybridized carbons (Fsp3) is 0. The van der Waals surface area contributed by atoms with E-state index in [0.717, 1.165) is 6.08 Å². The van der Waals surface area contributed by atoms with Crippen LogP contribution in [-0.2, 0) is 0 Å². The fourth-order valence-electron chi connectivity index (χ4n) is 0.475. The third-order valence-corrected chi connectivity index (χ3v) is 1.68. The van der Waals surface area contributed by atoms with Gasteiger partial charge in [0, 0.05) is 6.20 Å². The molecule has 1 heterocycles. The van der Waals surface area contributed by atoms with Crippen molar-refractivity contribution in [2.45, 2.75) is 0 Å². The van der Waals surface area contributed by atoms with Gasteiger partial charge in [0.05, 0.1) is 22.5 Å². The van der Waals surface area contributed by atoms with Gasteiger partial charge in [0.1, 0.15) is 5.76 Å². The molecule has 50 valence electrons. The highest BCUT2D eigenvalue weighted by molar-refractivity contribution is 7.10. The summed E-state index contributed by atoms with van der Waals surface area (Å²) in [5, 5.41) is 17.2. The molecule has 0 fully saturated rings. The van der Waals surface area contributed by atoms with Crippen LogP contribution in [0.4, 0.5) is 0 Å². The van der Waals surface area contributed by atoms with Gasteiger partial charge in [-0.2, -0.15) is 5.26 Å². The molecule has 0 aliphatic heterocycles. The molecule has 0 spiro atoms. The van der Waals surface area contributed by atoms with Crippen LogP contribution >= 0.6 is 11.3 Å². The molecule has 10 heavy (non-hydrogen) atoms. The average Bonchev–Trinajstić information content (AvgIpc) is 2.38. The summed E-state index contributed by atoms with van der Waals surface area (Å²) in [6, 6.07) is 1.72. The first-order chi connectivity index (χ1) is 4.84. The Hall–Kier alpha value is -1.34. The third-order valence-electron chi connectivity index (χ3n) is 0.886. The summed E-state index contributed by atoms with van der Waals surface area (Å²) in [5.74, 6) is -0.0231. The Morgan fingerprint density at radius 3 is 3.20 bits per heavy atom. The maximum Gasteiger partial charge on any atom is 0.144 e. The van der Waals surface area contributed by atoms with Gasteiger partial charge >= 0.3 is 0 Å². The van der Waals surface area contributed by atoms with E-state index < -0.39 is 0 Å². The summed E-state index contributed by atoms with van der Waals surface area (Å²) >= 11 is 1.29. The van der Waals surface area contributed by atoms with Crippen molar-refractivity contribution in [1.29, 1.82) is 5.26 Å². The molecule has 3 nitrogen and oxygen atoms in total. The Kier molecular flexibility index (Phi) is 2.03. The number of aliphatic hydroxyl groups excluding tert-OH is 1. The lowest BCUT2D eigenvalue weighted by molar-refractivity contribution is 0.514. The second-order valence-corrected chi connectivity index (χ2v) is 2.41. The van der Waals surface area contributed by atoms with Crippen molar-refractivity contribution in [3.05, 3.63) is 22.7 Å². The molecular formula is C6H4N2OS. The summed E-state index contributed by atoms with van der Waals surface area (Å²) in [4.78, 5) is 4.35. The molecule has 0 amide bonds. The molecule has 4 heteroatoms. The first kappa shape index (κ1) is 6.78. The SMILES string of the molecule is N#CC=C(O)c1cncs1. The van der Waals surface area contributed by atoms with Gasteiger partial charge in [0.2, 0.25) is 0 Å². The second-order valence-electron chi connectivity index (χ2n) is 1.52. The third kappa shape index (κ3) is 1.33. The van der Waals surface area contributed by atoms with Crippen molar-refractivity contribution in [2.75, 3.05) is 0 Å². The molecule has 1 rings (SSSR count). The van der Waals surface area contributed by atoms with E-state index >= 15 is 0 Å². The number of rotatable bonds is 1. The number of allylic oxidation sites excluding steroid dienone is 1. The standard InChI is InChI=1S/C6H4N2OS/c7-2-1-5(9)6-3-8-4-10-6/h1,3-4,9H. The number of hydrogen-bond acceptors (Lipinski definition) is 4. The summed E-state index contributed by atoms with van der Waals surface area (Å²) in [6.45, 7) is 0. The molecule has 1 aromatic rings. The lowest BCUT2D eigenvalue weighted by Crippen LogP contribution is -1.73. The minimum Gasteiger partial charge on any atom is -0.506 e.